The molecular weight excluding hydrogens is 384 g/mol. The smallest absolute Gasteiger partial charge is 0.243 e. The highest BCUT2D eigenvalue weighted by Gasteiger charge is 2.30. The summed E-state index contributed by atoms with van der Waals surface area (Å²) in [4.78, 5) is 28.2. The Morgan fingerprint density at radius 2 is 1.63 bits per heavy atom. The van der Waals surface area contributed by atoms with E-state index in [0.29, 0.717) is 18.0 Å². The summed E-state index contributed by atoms with van der Waals surface area (Å²) >= 11 is 1.44. The number of aryl methyl sites for hydroxylation is 1. The van der Waals surface area contributed by atoms with Crippen LogP contribution < -0.4 is 0 Å². The number of thiophene rings is 1. The molecule has 144 valence electrons. The van der Waals surface area contributed by atoms with E-state index >= 15 is 0 Å². The molecule has 1 aromatic heterocycles. The summed E-state index contributed by atoms with van der Waals surface area (Å²) in [6, 6.07) is 12.0. The SMILES string of the molecule is Cc1ccc(C(=O)CCC(=O)N2CCN(S(=O)(=O)c3ccccc3)CC2)s1. The van der Waals surface area contributed by atoms with Crippen LogP contribution in [0.2, 0.25) is 0 Å². The lowest BCUT2D eigenvalue weighted by Crippen LogP contribution is -2.50. The molecule has 0 N–H and O–H groups in total. The van der Waals surface area contributed by atoms with Crippen LogP contribution in [0.5, 0.6) is 0 Å². The average molecular weight is 407 g/mol. The van der Waals surface area contributed by atoms with Crippen LogP contribution in [-0.2, 0) is 14.8 Å². The van der Waals surface area contributed by atoms with Gasteiger partial charge in [0.1, 0.15) is 0 Å². The Morgan fingerprint density at radius 1 is 0.963 bits per heavy atom. The van der Waals surface area contributed by atoms with Crippen molar-refractivity contribution in [3.8, 4) is 0 Å². The second-order valence-electron chi connectivity index (χ2n) is 6.43. The quantitative estimate of drug-likeness (QED) is 0.691. The maximum absolute atomic E-state index is 12.6. The second-order valence-corrected chi connectivity index (χ2v) is 9.66. The number of amides is 1. The van der Waals surface area contributed by atoms with Crippen molar-refractivity contribution in [3.63, 3.8) is 0 Å². The highest BCUT2D eigenvalue weighted by atomic mass is 32.2. The highest BCUT2D eigenvalue weighted by molar-refractivity contribution is 7.89. The van der Waals surface area contributed by atoms with Gasteiger partial charge in [-0.15, -0.1) is 11.3 Å². The number of nitrogens with zero attached hydrogens (tertiary/aromatic N) is 2. The number of hydrogen-bond donors (Lipinski definition) is 0. The minimum absolute atomic E-state index is 0.0215. The first-order valence-electron chi connectivity index (χ1n) is 8.80. The Morgan fingerprint density at radius 3 is 2.22 bits per heavy atom. The number of Topliss-reactive ketones (excluding diaryl/α,β-unsaturated/α-hetero) is 1. The lowest BCUT2D eigenvalue weighted by atomic mass is 10.1. The molecule has 2 aromatic rings. The zero-order valence-electron chi connectivity index (χ0n) is 15.1. The van der Waals surface area contributed by atoms with Crippen molar-refractivity contribution in [2.24, 2.45) is 0 Å². The van der Waals surface area contributed by atoms with Gasteiger partial charge in [-0.3, -0.25) is 9.59 Å². The predicted octanol–water partition coefficient (Wildman–Crippen LogP) is 2.55. The van der Waals surface area contributed by atoms with Crippen molar-refractivity contribution in [2.45, 2.75) is 24.7 Å². The Hall–Kier alpha value is -2.03. The Balaban J connectivity index is 1.51. The minimum atomic E-state index is -3.53. The molecule has 1 aromatic carbocycles. The van der Waals surface area contributed by atoms with Crippen molar-refractivity contribution in [2.75, 3.05) is 26.2 Å². The topological polar surface area (TPSA) is 74.8 Å². The summed E-state index contributed by atoms with van der Waals surface area (Å²) in [5.74, 6) is -0.125. The maximum atomic E-state index is 12.6. The van der Waals surface area contributed by atoms with Crippen LogP contribution in [0.15, 0.2) is 47.4 Å². The Labute approximate surface area is 163 Å². The molecular formula is C19H22N2O4S2. The number of carbonyl (C=O) groups excluding carboxylic acids is 2. The molecule has 27 heavy (non-hydrogen) atoms. The summed E-state index contributed by atoms with van der Waals surface area (Å²) in [5.41, 5.74) is 0. The van der Waals surface area contributed by atoms with E-state index in [2.05, 4.69) is 0 Å². The molecule has 1 aliphatic rings. The van der Waals surface area contributed by atoms with Crippen LogP contribution in [0.1, 0.15) is 27.4 Å². The largest absolute Gasteiger partial charge is 0.340 e. The van der Waals surface area contributed by atoms with Gasteiger partial charge in [0.2, 0.25) is 15.9 Å². The van der Waals surface area contributed by atoms with Crippen molar-refractivity contribution < 1.29 is 18.0 Å². The number of piperazine rings is 1. The minimum Gasteiger partial charge on any atom is -0.340 e. The van der Waals surface area contributed by atoms with Gasteiger partial charge in [-0.2, -0.15) is 4.31 Å². The number of benzene rings is 1. The van der Waals surface area contributed by atoms with Gasteiger partial charge in [-0.1, -0.05) is 18.2 Å². The Bertz CT molecular complexity index is 914. The standard InChI is InChI=1S/C19H22N2O4S2/c1-15-7-9-18(26-15)17(22)8-10-19(23)20-11-13-21(14-12-20)27(24,25)16-5-3-2-4-6-16/h2-7,9H,8,10-14H2,1H3. The molecule has 1 saturated heterocycles. The van der Waals surface area contributed by atoms with Crippen LogP contribution >= 0.6 is 11.3 Å². The molecule has 0 bridgehead atoms. The van der Waals surface area contributed by atoms with Crippen molar-refractivity contribution in [1.82, 2.24) is 9.21 Å². The number of hydrogen-bond acceptors (Lipinski definition) is 5. The second kappa shape index (κ2) is 8.33. The number of sulfonamides is 1. The van der Waals surface area contributed by atoms with E-state index in [4.69, 9.17) is 0 Å². The molecule has 1 amide bonds. The number of ketones is 1. The number of carbonyl (C=O) groups is 2. The van der Waals surface area contributed by atoms with Gasteiger partial charge in [0.25, 0.3) is 0 Å². The van der Waals surface area contributed by atoms with Crippen LogP contribution in [-0.4, -0.2) is 55.5 Å². The molecule has 3 rings (SSSR count). The molecule has 0 aliphatic carbocycles. The Kier molecular flexibility index (Phi) is 6.08. The maximum Gasteiger partial charge on any atom is 0.243 e. The molecule has 0 saturated carbocycles. The van der Waals surface area contributed by atoms with Crippen LogP contribution in [0.25, 0.3) is 0 Å². The summed E-state index contributed by atoms with van der Waals surface area (Å²) in [6.45, 7) is 3.16. The molecule has 0 radical (unpaired) electrons. The molecule has 8 heteroatoms. The third kappa shape index (κ3) is 4.63. The van der Waals surface area contributed by atoms with Gasteiger partial charge in [0.15, 0.2) is 5.78 Å². The molecule has 1 aliphatic heterocycles. The summed E-state index contributed by atoms with van der Waals surface area (Å²) in [5, 5.41) is 0. The van der Waals surface area contributed by atoms with Gasteiger partial charge in [0.05, 0.1) is 9.77 Å². The molecule has 2 heterocycles. The van der Waals surface area contributed by atoms with E-state index in [-0.39, 0.29) is 42.5 Å². The van der Waals surface area contributed by atoms with Crippen LogP contribution in [0, 0.1) is 6.92 Å². The van der Waals surface area contributed by atoms with E-state index in [1.165, 1.54) is 15.6 Å². The van der Waals surface area contributed by atoms with E-state index in [9.17, 15) is 18.0 Å². The monoisotopic (exact) mass is 406 g/mol. The van der Waals surface area contributed by atoms with Crippen molar-refractivity contribution in [3.05, 3.63) is 52.2 Å². The van der Waals surface area contributed by atoms with Gasteiger partial charge in [-0.25, -0.2) is 8.42 Å². The zero-order chi connectivity index (χ0) is 19.4. The van der Waals surface area contributed by atoms with Gasteiger partial charge >= 0.3 is 0 Å². The first-order chi connectivity index (χ1) is 12.9. The normalized spacial score (nSPS) is 15.7. The molecule has 0 spiro atoms. The van der Waals surface area contributed by atoms with Crippen LogP contribution in [0.3, 0.4) is 0 Å². The first kappa shape index (κ1) is 19.7. The van der Waals surface area contributed by atoms with E-state index < -0.39 is 10.0 Å². The summed E-state index contributed by atoms with van der Waals surface area (Å²) < 4.78 is 26.6. The molecule has 1 fully saturated rings. The van der Waals surface area contributed by atoms with E-state index in [1.807, 2.05) is 13.0 Å². The summed E-state index contributed by atoms with van der Waals surface area (Å²) in [7, 11) is -3.53. The fourth-order valence-corrected chi connectivity index (χ4v) is 5.28. The third-order valence-corrected chi connectivity index (χ3v) is 7.51. The highest BCUT2D eigenvalue weighted by Crippen LogP contribution is 2.19. The van der Waals surface area contributed by atoms with Gasteiger partial charge < -0.3 is 4.90 Å². The zero-order valence-corrected chi connectivity index (χ0v) is 16.8. The third-order valence-electron chi connectivity index (χ3n) is 4.55. The average Bonchev–Trinajstić information content (AvgIpc) is 3.13. The van der Waals surface area contributed by atoms with Gasteiger partial charge in [-0.05, 0) is 31.2 Å². The van der Waals surface area contributed by atoms with E-state index in [1.54, 1.807) is 41.3 Å². The first-order valence-corrected chi connectivity index (χ1v) is 11.1. The lowest BCUT2D eigenvalue weighted by Gasteiger charge is -2.34. The van der Waals surface area contributed by atoms with E-state index in [0.717, 1.165) is 4.88 Å². The molecule has 0 unspecified atom stereocenters. The molecule has 0 atom stereocenters. The van der Waals surface area contributed by atoms with Crippen molar-refractivity contribution in [1.29, 1.82) is 0 Å². The fourth-order valence-electron chi connectivity index (χ4n) is 3.01. The lowest BCUT2D eigenvalue weighted by molar-refractivity contribution is -0.132. The van der Waals surface area contributed by atoms with Crippen LogP contribution in [0.4, 0.5) is 0 Å². The fraction of sp³-hybridized carbons (Fsp3) is 0.368. The summed E-state index contributed by atoms with van der Waals surface area (Å²) in [6.07, 6.45) is 0.336. The number of rotatable bonds is 6. The van der Waals surface area contributed by atoms with Crippen molar-refractivity contribution >= 4 is 33.1 Å². The molecule has 6 nitrogen and oxygen atoms in total. The predicted molar refractivity (Wildman–Crippen MR) is 104 cm³/mol. The van der Waals surface area contributed by atoms with Gasteiger partial charge in [0, 0.05) is 43.9 Å².